The predicted octanol–water partition coefficient (Wildman–Crippen LogP) is 4.91. The summed E-state index contributed by atoms with van der Waals surface area (Å²) in [5.41, 5.74) is 5.33. The number of para-hydroxylation sites is 1. The van der Waals surface area contributed by atoms with Crippen molar-refractivity contribution in [3.8, 4) is 0 Å². The summed E-state index contributed by atoms with van der Waals surface area (Å²) in [4.78, 5) is 26.3. The topological polar surface area (TPSA) is 71.1 Å². The van der Waals surface area contributed by atoms with E-state index < -0.39 is 0 Å². The molecule has 1 heterocycles. The number of carbonyl (C=O) groups is 2. The minimum absolute atomic E-state index is 0.0148. The van der Waals surface area contributed by atoms with Gasteiger partial charge in [-0.05, 0) is 43.2 Å². The summed E-state index contributed by atoms with van der Waals surface area (Å²) in [6.45, 7) is 2.02. The van der Waals surface area contributed by atoms with E-state index in [1.807, 2.05) is 73.7 Å². The number of carbonyl (C=O) groups excluding carboxylic acids is 2. The quantitative estimate of drug-likeness (QED) is 0.438. The molecule has 0 saturated carbocycles. The minimum atomic E-state index is -0.0148. The van der Waals surface area contributed by atoms with Gasteiger partial charge in [0.05, 0.1) is 15.9 Å². The van der Waals surface area contributed by atoms with Crippen molar-refractivity contribution in [1.82, 2.24) is 10.3 Å². The molecule has 0 fully saturated rings. The zero-order valence-corrected chi connectivity index (χ0v) is 17.4. The molecule has 3 aromatic carbocycles. The van der Waals surface area contributed by atoms with E-state index in [9.17, 15) is 9.59 Å². The summed E-state index contributed by atoms with van der Waals surface area (Å²) in [7, 11) is 0. The van der Waals surface area contributed by atoms with E-state index in [0.29, 0.717) is 12.0 Å². The molecule has 30 heavy (non-hydrogen) atoms. The maximum atomic E-state index is 11.9. The van der Waals surface area contributed by atoms with E-state index >= 15 is 0 Å². The fourth-order valence-electron chi connectivity index (χ4n) is 2.98. The van der Waals surface area contributed by atoms with E-state index in [-0.39, 0.29) is 11.9 Å². The highest BCUT2D eigenvalue weighted by Crippen LogP contribution is 2.24. The van der Waals surface area contributed by atoms with Crippen LogP contribution in [-0.4, -0.2) is 23.3 Å². The molecule has 0 radical (unpaired) electrons. The average Bonchev–Trinajstić information content (AvgIpc) is 3.26. The Bertz CT molecular complexity index is 1080. The molecule has 6 heteroatoms. The van der Waals surface area contributed by atoms with Crippen LogP contribution in [-0.2, 0) is 11.2 Å². The van der Waals surface area contributed by atoms with Crippen LogP contribution in [0, 0.1) is 0 Å². The first kappa shape index (κ1) is 21.2. The number of anilines is 1. The van der Waals surface area contributed by atoms with E-state index in [2.05, 4.69) is 27.8 Å². The standard InChI is InChI=1S/C16H17NO.C8H6N2OS/c1-13(12-14-8-4-2-5-9-14)17-16(18)15-10-6-3-7-11-15;11-4-9-6-2-1-3-7-8(6)10-5-12-7/h2-11,13H,12H2,1H3,(H,17,18);1-5H,(H,9,11). The van der Waals surface area contributed by atoms with Crippen LogP contribution in [0.4, 0.5) is 5.69 Å². The Hall–Kier alpha value is -3.51. The highest BCUT2D eigenvalue weighted by Gasteiger charge is 2.09. The summed E-state index contributed by atoms with van der Waals surface area (Å²) in [6, 6.07) is 25.3. The fourth-order valence-corrected chi connectivity index (χ4v) is 3.68. The van der Waals surface area contributed by atoms with Gasteiger partial charge in [-0.15, -0.1) is 11.3 Å². The van der Waals surface area contributed by atoms with Gasteiger partial charge >= 0.3 is 0 Å². The van der Waals surface area contributed by atoms with Crippen LogP contribution >= 0.6 is 11.3 Å². The lowest BCUT2D eigenvalue weighted by atomic mass is 10.1. The number of rotatable bonds is 6. The van der Waals surface area contributed by atoms with Crippen LogP contribution < -0.4 is 10.6 Å². The van der Waals surface area contributed by atoms with Gasteiger partial charge in [0.1, 0.15) is 5.52 Å². The number of hydrogen-bond acceptors (Lipinski definition) is 4. The summed E-state index contributed by atoms with van der Waals surface area (Å²) in [5.74, 6) is -0.0148. The first-order valence-corrected chi connectivity index (χ1v) is 10.5. The first-order valence-electron chi connectivity index (χ1n) is 9.59. The lowest BCUT2D eigenvalue weighted by Crippen LogP contribution is -2.34. The van der Waals surface area contributed by atoms with Crippen LogP contribution in [0.2, 0.25) is 0 Å². The Morgan fingerprint density at radius 1 is 1.00 bits per heavy atom. The largest absolute Gasteiger partial charge is 0.349 e. The van der Waals surface area contributed by atoms with Crippen molar-refractivity contribution in [3.63, 3.8) is 0 Å². The third kappa shape index (κ3) is 5.99. The van der Waals surface area contributed by atoms with Crippen LogP contribution in [0.3, 0.4) is 0 Å². The van der Waals surface area contributed by atoms with Gasteiger partial charge in [-0.3, -0.25) is 9.59 Å². The molecule has 4 rings (SSSR count). The molecular formula is C24H23N3O2S. The smallest absolute Gasteiger partial charge is 0.251 e. The molecule has 0 aliphatic heterocycles. The molecule has 2 amide bonds. The zero-order valence-electron chi connectivity index (χ0n) is 16.6. The normalized spacial score (nSPS) is 11.1. The molecule has 0 bridgehead atoms. The lowest BCUT2D eigenvalue weighted by molar-refractivity contribution is -0.105. The van der Waals surface area contributed by atoms with Gasteiger partial charge in [-0.2, -0.15) is 0 Å². The van der Waals surface area contributed by atoms with E-state index in [4.69, 9.17) is 0 Å². The van der Waals surface area contributed by atoms with E-state index in [0.717, 1.165) is 22.3 Å². The molecule has 5 nitrogen and oxygen atoms in total. The van der Waals surface area contributed by atoms with Crippen molar-refractivity contribution < 1.29 is 9.59 Å². The molecule has 4 aromatic rings. The maximum absolute atomic E-state index is 11.9. The second-order valence-electron chi connectivity index (χ2n) is 6.70. The Morgan fingerprint density at radius 2 is 1.70 bits per heavy atom. The van der Waals surface area contributed by atoms with Crippen LogP contribution in [0.1, 0.15) is 22.8 Å². The molecule has 1 aromatic heterocycles. The number of nitrogens with one attached hydrogen (secondary N) is 2. The third-order valence-electron chi connectivity index (χ3n) is 4.37. The fraction of sp³-hybridized carbons (Fsp3) is 0.125. The molecule has 0 aliphatic rings. The van der Waals surface area contributed by atoms with Gasteiger partial charge in [-0.25, -0.2) is 4.98 Å². The van der Waals surface area contributed by atoms with Gasteiger partial charge in [0.25, 0.3) is 5.91 Å². The number of nitrogens with zero attached hydrogens (tertiary/aromatic N) is 1. The van der Waals surface area contributed by atoms with E-state index in [1.165, 1.54) is 5.56 Å². The van der Waals surface area contributed by atoms with Crippen LogP contribution in [0.25, 0.3) is 10.2 Å². The first-order chi connectivity index (χ1) is 14.7. The van der Waals surface area contributed by atoms with Crippen molar-refractivity contribution in [2.75, 3.05) is 5.32 Å². The zero-order chi connectivity index (χ0) is 21.2. The summed E-state index contributed by atoms with van der Waals surface area (Å²) in [6.07, 6.45) is 1.51. The number of aromatic nitrogens is 1. The molecule has 0 aliphatic carbocycles. The SMILES string of the molecule is CC(Cc1ccccc1)NC(=O)c1ccccc1.O=CNc1cccc2scnc12. The van der Waals surface area contributed by atoms with Crippen LogP contribution in [0.15, 0.2) is 84.4 Å². The Balaban J connectivity index is 0.000000184. The predicted molar refractivity (Wildman–Crippen MR) is 123 cm³/mol. The van der Waals surface area contributed by atoms with Gasteiger partial charge in [0.15, 0.2) is 0 Å². The molecule has 1 atom stereocenters. The second kappa shape index (κ2) is 10.9. The number of amides is 2. The second-order valence-corrected chi connectivity index (χ2v) is 7.58. The lowest BCUT2D eigenvalue weighted by Gasteiger charge is -2.14. The highest BCUT2D eigenvalue weighted by molar-refractivity contribution is 7.16. The number of benzene rings is 3. The summed E-state index contributed by atoms with van der Waals surface area (Å²) in [5, 5.41) is 5.61. The van der Waals surface area contributed by atoms with Gasteiger partial charge in [0, 0.05) is 11.6 Å². The number of hydrogen-bond donors (Lipinski definition) is 2. The van der Waals surface area contributed by atoms with Crippen molar-refractivity contribution in [2.24, 2.45) is 0 Å². The molecule has 1 unspecified atom stereocenters. The van der Waals surface area contributed by atoms with Crippen LogP contribution in [0.5, 0.6) is 0 Å². The summed E-state index contributed by atoms with van der Waals surface area (Å²) < 4.78 is 1.09. The minimum Gasteiger partial charge on any atom is -0.349 e. The summed E-state index contributed by atoms with van der Waals surface area (Å²) >= 11 is 1.56. The van der Waals surface area contributed by atoms with Crippen molar-refractivity contribution >= 4 is 39.6 Å². The molecule has 2 N–H and O–H groups in total. The Morgan fingerprint density at radius 3 is 2.40 bits per heavy atom. The third-order valence-corrected chi connectivity index (χ3v) is 5.17. The number of fused-ring (bicyclic) bond motifs is 1. The molecular weight excluding hydrogens is 394 g/mol. The van der Waals surface area contributed by atoms with Gasteiger partial charge in [-0.1, -0.05) is 54.6 Å². The van der Waals surface area contributed by atoms with Crippen molar-refractivity contribution in [2.45, 2.75) is 19.4 Å². The monoisotopic (exact) mass is 417 g/mol. The highest BCUT2D eigenvalue weighted by atomic mass is 32.1. The van der Waals surface area contributed by atoms with Gasteiger partial charge in [0.2, 0.25) is 6.41 Å². The molecule has 0 saturated heterocycles. The van der Waals surface area contributed by atoms with Crippen molar-refractivity contribution in [3.05, 3.63) is 95.5 Å². The number of thiazole rings is 1. The van der Waals surface area contributed by atoms with Gasteiger partial charge < -0.3 is 10.6 Å². The maximum Gasteiger partial charge on any atom is 0.251 e. The molecule has 152 valence electrons. The van der Waals surface area contributed by atoms with Crippen molar-refractivity contribution in [1.29, 1.82) is 0 Å². The Labute approximate surface area is 179 Å². The molecule has 0 spiro atoms. The Kier molecular flexibility index (Phi) is 7.69. The average molecular weight is 418 g/mol. The van der Waals surface area contributed by atoms with E-state index in [1.54, 1.807) is 16.8 Å².